The minimum Gasteiger partial charge on any atom is -0.366 e. The van der Waals surface area contributed by atoms with Gasteiger partial charge in [0.15, 0.2) is 5.82 Å². The quantitative estimate of drug-likeness (QED) is 0.448. The van der Waals surface area contributed by atoms with Crippen molar-refractivity contribution in [2.75, 3.05) is 6.54 Å². The lowest BCUT2D eigenvalue weighted by atomic mass is 9.89. The predicted molar refractivity (Wildman–Crippen MR) is 134 cm³/mol. The molecule has 35 heavy (non-hydrogen) atoms. The molecule has 0 aliphatic carbocycles. The van der Waals surface area contributed by atoms with E-state index in [-0.39, 0.29) is 17.9 Å². The van der Waals surface area contributed by atoms with E-state index in [1.165, 1.54) is 0 Å². The third-order valence-electron chi connectivity index (χ3n) is 6.49. The fourth-order valence-corrected chi connectivity index (χ4v) is 4.75. The van der Waals surface area contributed by atoms with Crippen molar-refractivity contribution in [3.05, 3.63) is 120 Å². The highest BCUT2D eigenvalue weighted by Crippen LogP contribution is 2.36. The minimum atomic E-state index is -0.474. The number of primary amides is 1. The molecule has 5 rings (SSSR count). The fourth-order valence-electron chi connectivity index (χ4n) is 4.75. The van der Waals surface area contributed by atoms with Crippen molar-refractivity contribution in [3.63, 3.8) is 0 Å². The van der Waals surface area contributed by atoms with Gasteiger partial charge in [-0.2, -0.15) is 0 Å². The zero-order chi connectivity index (χ0) is 24.2. The highest BCUT2D eigenvalue weighted by atomic mass is 16.2. The maximum Gasteiger partial charge on any atom is 0.248 e. The van der Waals surface area contributed by atoms with E-state index in [2.05, 4.69) is 4.98 Å². The van der Waals surface area contributed by atoms with Gasteiger partial charge in [0.2, 0.25) is 11.8 Å². The molecule has 1 saturated heterocycles. The normalized spacial score (nSPS) is 15.3. The number of benzene rings is 3. The molecule has 2 amide bonds. The minimum absolute atomic E-state index is 0.0795. The lowest BCUT2D eigenvalue weighted by molar-refractivity contribution is -0.132. The van der Waals surface area contributed by atoms with Crippen molar-refractivity contribution in [3.8, 4) is 11.4 Å². The largest absolute Gasteiger partial charge is 0.366 e. The molecular weight excluding hydrogens is 436 g/mol. The SMILES string of the molecule is NC(=O)c1ccc(-c2nccc([C@H]3CCCN3C(=O)C(c3ccccc3)c3ccccc3)n2)cc1. The third-order valence-corrected chi connectivity index (χ3v) is 6.49. The molecule has 4 aromatic rings. The third kappa shape index (κ3) is 4.68. The van der Waals surface area contributed by atoms with E-state index in [0.29, 0.717) is 17.9 Å². The van der Waals surface area contributed by atoms with Gasteiger partial charge in [0, 0.05) is 23.9 Å². The Morgan fingerprint density at radius 1 is 0.857 bits per heavy atom. The number of amides is 2. The Bertz CT molecular complexity index is 1280. The van der Waals surface area contributed by atoms with Gasteiger partial charge in [-0.1, -0.05) is 72.8 Å². The predicted octanol–water partition coefficient (Wildman–Crippen LogP) is 4.74. The highest BCUT2D eigenvalue weighted by Gasteiger charge is 2.36. The summed E-state index contributed by atoms with van der Waals surface area (Å²) in [6, 6.07) is 28.6. The Labute approximate surface area is 204 Å². The summed E-state index contributed by atoms with van der Waals surface area (Å²) in [6.45, 7) is 0.687. The molecule has 0 radical (unpaired) electrons. The van der Waals surface area contributed by atoms with E-state index in [1.54, 1.807) is 30.5 Å². The molecule has 0 bridgehead atoms. The standard InChI is InChI=1S/C29H26N4O2/c30-27(34)22-13-15-23(16-14-22)28-31-18-17-24(32-28)25-12-7-19-33(25)29(35)26(20-8-3-1-4-9-20)21-10-5-2-6-11-21/h1-6,8-11,13-18,25-26H,7,12,19H2,(H2,30,34)/t25-/m1/s1. The van der Waals surface area contributed by atoms with Crippen molar-refractivity contribution in [1.82, 2.24) is 14.9 Å². The number of hydrogen-bond acceptors (Lipinski definition) is 4. The molecule has 6 nitrogen and oxygen atoms in total. The zero-order valence-electron chi connectivity index (χ0n) is 19.2. The summed E-state index contributed by atoms with van der Waals surface area (Å²) < 4.78 is 0. The Kier molecular flexibility index (Phi) is 6.35. The first-order valence-corrected chi connectivity index (χ1v) is 11.8. The van der Waals surface area contributed by atoms with Crippen molar-refractivity contribution in [2.45, 2.75) is 24.8 Å². The number of likely N-dealkylation sites (tertiary alicyclic amines) is 1. The topological polar surface area (TPSA) is 89.2 Å². The first-order valence-electron chi connectivity index (χ1n) is 11.8. The molecule has 2 N–H and O–H groups in total. The van der Waals surface area contributed by atoms with Gasteiger partial charge in [-0.05, 0) is 42.2 Å². The molecule has 1 aliphatic rings. The summed E-state index contributed by atoms with van der Waals surface area (Å²) in [5, 5.41) is 0. The van der Waals surface area contributed by atoms with Crippen LogP contribution >= 0.6 is 0 Å². The molecule has 3 aromatic carbocycles. The van der Waals surface area contributed by atoms with E-state index in [9.17, 15) is 9.59 Å². The number of hydrogen-bond donors (Lipinski definition) is 1. The molecule has 174 valence electrons. The van der Waals surface area contributed by atoms with E-state index < -0.39 is 5.91 Å². The molecule has 0 saturated carbocycles. The van der Waals surface area contributed by atoms with Crippen LogP contribution < -0.4 is 5.73 Å². The fraction of sp³-hybridized carbons (Fsp3) is 0.172. The number of carbonyl (C=O) groups excluding carboxylic acids is 2. The van der Waals surface area contributed by atoms with Crippen LogP contribution in [0.1, 0.15) is 52.0 Å². The van der Waals surface area contributed by atoms with Gasteiger partial charge in [-0.3, -0.25) is 9.59 Å². The van der Waals surface area contributed by atoms with Crippen molar-refractivity contribution in [2.24, 2.45) is 5.73 Å². The maximum atomic E-state index is 14.0. The number of carbonyl (C=O) groups is 2. The molecule has 1 fully saturated rings. The summed E-state index contributed by atoms with van der Waals surface area (Å²) in [7, 11) is 0. The number of nitrogens with two attached hydrogens (primary N) is 1. The van der Waals surface area contributed by atoms with Crippen LogP contribution in [0.25, 0.3) is 11.4 Å². The summed E-state index contributed by atoms with van der Waals surface area (Å²) in [4.78, 5) is 36.6. The lowest BCUT2D eigenvalue weighted by Gasteiger charge is -2.29. The van der Waals surface area contributed by atoms with E-state index >= 15 is 0 Å². The monoisotopic (exact) mass is 462 g/mol. The molecule has 0 unspecified atom stereocenters. The average molecular weight is 463 g/mol. The van der Waals surface area contributed by atoms with Crippen molar-refractivity contribution >= 4 is 11.8 Å². The molecule has 0 spiro atoms. The second-order valence-electron chi connectivity index (χ2n) is 8.69. The lowest BCUT2D eigenvalue weighted by Crippen LogP contribution is -2.35. The Balaban J connectivity index is 1.46. The van der Waals surface area contributed by atoms with E-state index in [1.807, 2.05) is 71.6 Å². The molecule has 1 atom stereocenters. The summed E-state index contributed by atoms with van der Waals surface area (Å²) in [5.41, 5.74) is 9.36. The smallest absolute Gasteiger partial charge is 0.248 e. The van der Waals surface area contributed by atoms with Crippen LogP contribution in [0.3, 0.4) is 0 Å². The van der Waals surface area contributed by atoms with Gasteiger partial charge in [-0.15, -0.1) is 0 Å². The number of nitrogens with zero attached hydrogens (tertiary/aromatic N) is 3. The van der Waals surface area contributed by atoms with Gasteiger partial charge in [0.25, 0.3) is 0 Å². The second-order valence-corrected chi connectivity index (χ2v) is 8.69. The Morgan fingerprint density at radius 2 is 1.49 bits per heavy atom. The summed E-state index contributed by atoms with van der Waals surface area (Å²) in [5.74, 6) is -0.213. The van der Waals surface area contributed by atoms with E-state index in [4.69, 9.17) is 10.7 Å². The van der Waals surface area contributed by atoms with Gasteiger partial charge in [-0.25, -0.2) is 9.97 Å². The summed E-state index contributed by atoms with van der Waals surface area (Å²) >= 11 is 0. The van der Waals surface area contributed by atoms with Crippen molar-refractivity contribution < 1.29 is 9.59 Å². The molecule has 6 heteroatoms. The number of rotatable bonds is 6. The van der Waals surface area contributed by atoms with Gasteiger partial charge < -0.3 is 10.6 Å². The van der Waals surface area contributed by atoms with Crippen LogP contribution in [-0.4, -0.2) is 33.2 Å². The first kappa shape index (κ1) is 22.5. The van der Waals surface area contributed by atoms with Gasteiger partial charge in [0.05, 0.1) is 17.7 Å². The average Bonchev–Trinajstić information content (AvgIpc) is 3.40. The van der Waals surface area contributed by atoms with Crippen molar-refractivity contribution in [1.29, 1.82) is 0 Å². The number of aromatic nitrogens is 2. The zero-order valence-corrected chi connectivity index (χ0v) is 19.2. The highest BCUT2D eigenvalue weighted by molar-refractivity contribution is 5.93. The van der Waals surface area contributed by atoms with E-state index in [0.717, 1.165) is 35.2 Å². The Hall–Kier alpha value is -4.32. The van der Waals surface area contributed by atoms with Crippen LogP contribution in [0.2, 0.25) is 0 Å². The molecular formula is C29H26N4O2. The van der Waals surface area contributed by atoms with Crippen LogP contribution in [0, 0.1) is 0 Å². The maximum absolute atomic E-state index is 14.0. The van der Waals surface area contributed by atoms with Gasteiger partial charge in [0.1, 0.15) is 0 Å². The van der Waals surface area contributed by atoms with Crippen LogP contribution in [-0.2, 0) is 4.79 Å². The molecule has 1 aromatic heterocycles. The van der Waals surface area contributed by atoms with Gasteiger partial charge >= 0.3 is 0 Å². The molecule has 1 aliphatic heterocycles. The summed E-state index contributed by atoms with van der Waals surface area (Å²) in [6.07, 6.45) is 3.49. The first-order chi connectivity index (χ1) is 17.1. The molecule has 2 heterocycles. The van der Waals surface area contributed by atoms with Crippen LogP contribution in [0.4, 0.5) is 0 Å². The van der Waals surface area contributed by atoms with Crippen LogP contribution in [0.5, 0.6) is 0 Å². The second kappa shape index (κ2) is 9.89. The van der Waals surface area contributed by atoms with Crippen LogP contribution in [0.15, 0.2) is 97.2 Å². The Morgan fingerprint density at radius 3 is 2.09 bits per heavy atom.